The number of nitrogens with one attached hydrogen (secondary N) is 1. The van der Waals surface area contributed by atoms with Crippen molar-refractivity contribution in [2.24, 2.45) is 11.3 Å². The average Bonchev–Trinajstić information content (AvgIpc) is 2.99. The second-order valence-electron chi connectivity index (χ2n) is 8.97. The Bertz CT molecular complexity index is 820. The summed E-state index contributed by atoms with van der Waals surface area (Å²) in [5.74, 6) is 0.408. The normalized spacial score (nSPS) is 21.0. The van der Waals surface area contributed by atoms with Crippen LogP contribution >= 0.6 is 0 Å². The van der Waals surface area contributed by atoms with Gasteiger partial charge in [0.2, 0.25) is 0 Å². The van der Waals surface area contributed by atoms with Crippen LogP contribution in [0.4, 0.5) is 0 Å². The van der Waals surface area contributed by atoms with E-state index in [1.54, 1.807) is 0 Å². The van der Waals surface area contributed by atoms with Gasteiger partial charge in [-0.2, -0.15) is 0 Å². The van der Waals surface area contributed by atoms with Crippen LogP contribution in [0.3, 0.4) is 0 Å². The summed E-state index contributed by atoms with van der Waals surface area (Å²) < 4.78 is 11.4. The summed E-state index contributed by atoms with van der Waals surface area (Å²) in [6.45, 7) is 13.9. The lowest BCUT2D eigenvalue weighted by Gasteiger charge is -2.40. The molecule has 6 heteroatoms. The van der Waals surface area contributed by atoms with Crippen LogP contribution in [0, 0.1) is 18.3 Å². The molecular weight excluding hydrogens is 342 g/mol. The van der Waals surface area contributed by atoms with Crippen molar-refractivity contribution in [1.29, 1.82) is 0 Å². The van der Waals surface area contributed by atoms with Crippen LogP contribution in [-0.2, 0) is 4.74 Å². The van der Waals surface area contributed by atoms with Gasteiger partial charge in [0.05, 0.1) is 22.7 Å². The van der Waals surface area contributed by atoms with Gasteiger partial charge in [-0.1, -0.05) is 39.8 Å². The summed E-state index contributed by atoms with van der Waals surface area (Å²) in [5, 5.41) is 7.82. The number of rotatable bonds is 4. The van der Waals surface area contributed by atoms with Crippen LogP contribution in [0.25, 0.3) is 11.1 Å². The third-order valence-electron chi connectivity index (χ3n) is 5.30. The van der Waals surface area contributed by atoms with Gasteiger partial charge in [0.15, 0.2) is 0 Å². The average molecular weight is 373 g/mol. The summed E-state index contributed by atoms with van der Waals surface area (Å²) in [5.41, 5.74) is 2.59. The standard InChI is InChI=1S/C21H31N3O3/c1-12(2)16-10-15(17-13(3)24-27-20(17)23-16)19(25)22-11-14-8-7-9-26-18(14)21(4,5)6/h10,12,14,18H,7-9,11H2,1-6H3,(H,22,25)/t14-,18-/m0/s1. The molecule has 3 heterocycles. The largest absolute Gasteiger partial charge is 0.377 e. The first-order chi connectivity index (χ1) is 12.7. The van der Waals surface area contributed by atoms with E-state index in [1.807, 2.05) is 26.8 Å². The Balaban J connectivity index is 1.82. The van der Waals surface area contributed by atoms with Gasteiger partial charge in [-0.05, 0) is 37.2 Å². The molecule has 3 rings (SSSR count). The van der Waals surface area contributed by atoms with Crippen LogP contribution in [0.1, 0.15) is 75.1 Å². The smallest absolute Gasteiger partial charge is 0.259 e. The molecule has 1 aliphatic heterocycles. The molecule has 0 aliphatic carbocycles. The van der Waals surface area contributed by atoms with Crippen molar-refractivity contribution in [3.63, 3.8) is 0 Å². The van der Waals surface area contributed by atoms with Crippen LogP contribution in [0.2, 0.25) is 0 Å². The Morgan fingerprint density at radius 1 is 1.37 bits per heavy atom. The Morgan fingerprint density at radius 3 is 2.78 bits per heavy atom. The molecule has 1 saturated heterocycles. The van der Waals surface area contributed by atoms with Gasteiger partial charge in [-0.25, -0.2) is 4.98 Å². The highest BCUT2D eigenvalue weighted by Crippen LogP contribution is 2.34. The molecular formula is C21H31N3O3. The molecule has 0 saturated carbocycles. The molecule has 0 radical (unpaired) electrons. The van der Waals surface area contributed by atoms with E-state index in [0.29, 0.717) is 34.8 Å². The molecule has 0 spiro atoms. The van der Waals surface area contributed by atoms with Gasteiger partial charge in [0.25, 0.3) is 11.6 Å². The molecule has 2 aromatic heterocycles. The van der Waals surface area contributed by atoms with Crippen LogP contribution in [0.5, 0.6) is 0 Å². The SMILES string of the molecule is Cc1noc2nc(C(C)C)cc(C(=O)NC[C@@H]3CCCO[C@@H]3C(C)(C)C)c12. The summed E-state index contributed by atoms with van der Waals surface area (Å²) in [6.07, 6.45) is 2.25. The monoisotopic (exact) mass is 373 g/mol. The lowest BCUT2D eigenvalue weighted by molar-refractivity contribution is -0.0839. The Morgan fingerprint density at radius 2 is 2.11 bits per heavy atom. The summed E-state index contributed by atoms with van der Waals surface area (Å²) >= 11 is 0. The zero-order chi connectivity index (χ0) is 19.8. The maximum absolute atomic E-state index is 13.0. The van der Waals surface area contributed by atoms with Crippen LogP contribution in [0.15, 0.2) is 10.6 Å². The zero-order valence-electron chi connectivity index (χ0n) is 17.3. The van der Waals surface area contributed by atoms with Gasteiger partial charge in [-0.15, -0.1) is 0 Å². The summed E-state index contributed by atoms with van der Waals surface area (Å²) in [4.78, 5) is 17.5. The zero-order valence-corrected chi connectivity index (χ0v) is 17.3. The number of aryl methyl sites for hydroxylation is 1. The van der Waals surface area contributed by atoms with E-state index >= 15 is 0 Å². The number of fused-ring (bicyclic) bond motifs is 1. The third kappa shape index (κ3) is 4.15. The van der Waals surface area contributed by atoms with Crippen LogP contribution in [-0.4, -0.2) is 35.3 Å². The molecule has 2 aromatic rings. The van der Waals surface area contributed by atoms with Crippen molar-refractivity contribution < 1.29 is 14.1 Å². The van der Waals surface area contributed by atoms with Crippen molar-refractivity contribution in [2.75, 3.05) is 13.2 Å². The van der Waals surface area contributed by atoms with Gasteiger partial charge in [0, 0.05) is 24.8 Å². The highest BCUT2D eigenvalue weighted by atomic mass is 16.5. The van der Waals surface area contributed by atoms with Gasteiger partial charge >= 0.3 is 0 Å². The van der Waals surface area contributed by atoms with E-state index in [4.69, 9.17) is 9.26 Å². The molecule has 148 valence electrons. The first kappa shape index (κ1) is 19.8. The fourth-order valence-electron chi connectivity index (χ4n) is 3.92. The third-order valence-corrected chi connectivity index (χ3v) is 5.30. The first-order valence-corrected chi connectivity index (χ1v) is 9.85. The molecule has 1 aliphatic rings. The number of aromatic nitrogens is 2. The summed E-state index contributed by atoms with van der Waals surface area (Å²) in [6, 6.07) is 1.87. The minimum atomic E-state index is -0.103. The number of nitrogens with zero attached hydrogens (tertiary/aromatic N) is 2. The van der Waals surface area contributed by atoms with E-state index in [9.17, 15) is 4.79 Å². The molecule has 6 nitrogen and oxygen atoms in total. The minimum Gasteiger partial charge on any atom is -0.377 e. The predicted molar refractivity (Wildman–Crippen MR) is 105 cm³/mol. The van der Waals surface area contributed by atoms with E-state index in [0.717, 1.165) is 25.1 Å². The molecule has 1 N–H and O–H groups in total. The van der Waals surface area contributed by atoms with Crippen molar-refractivity contribution in [3.8, 4) is 0 Å². The number of hydrogen-bond acceptors (Lipinski definition) is 5. The molecule has 27 heavy (non-hydrogen) atoms. The van der Waals surface area contributed by atoms with Gasteiger partial charge in [-0.3, -0.25) is 4.79 Å². The maximum atomic E-state index is 13.0. The quantitative estimate of drug-likeness (QED) is 0.868. The van der Waals surface area contributed by atoms with E-state index in [2.05, 4.69) is 36.2 Å². The van der Waals surface area contributed by atoms with Gasteiger partial charge in [0.1, 0.15) is 0 Å². The molecule has 1 amide bonds. The predicted octanol–water partition coefficient (Wildman–Crippen LogP) is 4.23. The number of hydrogen-bond donors (Lipinski definition) is 1. The highest BCUT2D eigenvalue weighted by molar-refractivity contribution is 6.06. The Hall–Kier alpha value is -1.95. The Labute approximate surface area is 161 Å². The summed E-state index contributed by atoms with van der Waals surface area (Å²) in [7, 11) is 0. The van der Waals surface area contributed by atoms with E-state index < -0.39 is 0 Å². The van der Waals surface area contributed by atoms with Crippen molar-refractivity contribution in [1.82, 2.24) is 15.5 Å². The second kappa shape index (κ2) is 7.58. The molecule has 1 fully saturated rings. The number of amides is 1. The fourth-order valence-corrected chi connectivity index (χ4v) is 3.92. The number of ether oxygens (including phenoxy) is 1. The molecule has 0 aromatic carbocycles. The highest BCUT2D eigenvalue weighted by Gasteiger charge is 2.35. The molecule has 0 bridgehead atoms. The Kier molecular flexibility index (Phi) is 5.56. The lowest BCUT2D eigenvalue weighted by Crippen LogP contribution is -2.45. The molecule has 0 unspecified atom stereocenters. The van der Waals surface area contributed by atoms with E-state index in [1.165, 1.54) is 0 Å². The topological polar surface area (TPSA) is 77.2 Å². The lowest BCUT2D eigenvalue weighted by atomic mass is 9.78. The number of carbonyl (C=O) groups is 1. The second-order valence-corrected chi connectivity index (χ2v) is 8.97. The van der Waals surface area contributed by atoms with Crippen LogP contribution < -0.4 is 5.32 Å². The van der Waals surface area contributed by atoms with Crippen molar-refractivity contribution in [3.05, 3.63) is 23.0 Å². The van der Waals surface area contributed by atoms with E-state index in [-0.39, 0.29) is 23.3 Å². The maximum Gasteiger partial charge on any atom is 0.259 e. The van der Waals surface area contributed by atoms with Gasteiger partial charge < -0.3 is 14.6 Å². The van der Waals surface area contributed by atoms with Crippen molar-refractivity contribution >= 4 is 17.0 Å². The first-order valence-electron chi connectivity index (χ1n) is 9.85. The number of carbonyl (C=O) groups excluding carboxylic acids is 1. The fraction of sp³-hybridized carbons (Fsp3) is 0.667. The van der Waals surface area contributed by atoms with Crippen molar-refractivity contribution in [2.45, 2.75) is 66.4 Å². The molecule has 2 atom stereocenters. The minimum absolute atomic E-state index is 0.0512. The number of pyridine rings is 1.